The first kappa shape index (κ1) is 10.9. The van der Waals surface area contributed by atoms with Gasteiger partial charge in [-0.05, 0) is 12.1 Å². The molecule has 0 radical (unpaired) electrons. The summed E-state index contributed by atoms with van der Waals surface area (Å²) in [5.41, 5.74) is -2.20. The van der Waals surface area contributed by atoms with Crippen LogP contribution < -0.4 is 11.2 Å². The summed E-state index contributed by atoms with van der Waals surface area (Å²) in [5, 5.41) is 0. The lowest BCUT2D eigenvalue weighted by atomic mass is 10.3. The molecule has 86 valence electrons. The fraction of sp³-hybridized carbons (Fsp3) is 0. The summed E-state index contributed by atoms with van der Waals surface area (Å²) in [5.74, 6) is -2.03. The first-order valence-electron chi connectivity index (χ1n) is 4.57. The van der Waals surface area contributed by atoms with Crippen molar-refractivity contribution >= 4 is 5.91 Å². The fourth-order valence-electron chi connectivity index (χ4n) is 1.21. The number of hydrogen-bond donors (Lipinski definition) is 1. The van der Waals surface area contributed by atoms with Gasteiger partial charge < -0.3 is 0 Å². The first-order chi connectivity index (χ1) is 8.09. The summed E-state index contributed by atoms with van der Waals surface area (Å²) in [7, 11) is 0. The molecule has 0 amide bonds. The summed E-state index contributed by atoms with van der Waals surface area (Å²) < 4.78 is 13.4. The van der Waals surface area contributed by atoms with Crippen LogP contribution in [0.1, 0.15) is 10.5 Å². The molecule has 1 N–H and O–H groups in total. The molecule has 2 rings (SSSR count). The lowest BCUT2D eigenvalue weighted by molar-refractivity contribution is 0.0947. The van der Waals surface area contributed by atoms with Gasteiger partial charge in [0.1, 0.15) is 5.69 Å². The standard InChI is InChI=1S/C10H6FN3O3/c11-6-5-14(10(17)13-8(6)15)9(16)7-3-1-2-4-12-7/h1-5H,(H,13,15,17). The summed E-state index contributed by atoms with van der Waals surface area (Å²) in [6, 6.07) is 4.51. The molecular formula is C10H6FN3O3. The molecule has 0 aliphatic rings. The Morgan fingerprint density at radius 1 is 1.35 bits per heavy atom. The summed E-state index contributed by atoms with van der Waals surface area (Å²) >= 11 is 0. The molecule has 0 aliphatic carbocycles. The van der Waals surface area contributed by atoms with Gasteiger partial charge >= 0.3 is 5.69 Å². The van der Waals surface area contributed by atoms with E-state index in [4.69, 9.17) is 0 Å². The second-order valence-electron chi connectivity index (χ2n) is 3.13. The highest BCUT2D eigenvalue weighted by Gasteiger charge is 2.13. The van der Waals surface area contributed by atoms with E-state index in [0.717, 1.165) is 0 Å². The van der Waals surface area contributed by atoms with Crippen molar-refractivity contribution in [1.29, 1.82) is 0 Å². The van der Waals surface area contributed by atoms with E-state index in [1.807, 2.05) is 0 Å². The van der Waals surface area contributed by atoms with Crippen LogP contribution in [-0.4, -0.2) is 20.4 Å². The van der Waals surface area contributed by atoms with E-state index in [-0.39, 0.29) is 5.69 Å². The van der Waals surface area contributed by atoms with Gasteiger partial charge in [0.2, 0.25) is 5.82 Å². The normalized spacial score (nSPS) is 10.2. The number of nitrogens with zero attached hydrogens (tertiary/aromatic N) is 2. The quantitative estimate of drug-likeness (QED) is 0.739. The lowest BCUT2D eigenvalue weighted by Gasteiger charge is -2.02. The molecular weight excluding hydrogens is 229 g/mol. The minimum absolute atomic E-state index is 0.0268. The van der Waals surface area contributed by atoms with Crippen LogP contribution in [0.25, 0.3) is 0 Å². The SMILES string of the molecule is O=C(c1ccccn1)n1cc(F)c(=O)[nH]c1=O. The molecule has 0 saturated carbocycles. The molecule has 7 heteroatoms. The largest absolute Gasteiger partial charge is 0.335 e. The van der Waals surface area contributed by atoms with Gasteiger partial charge in [-0.1, -0.05) is 6.07 Å². The maximum absolute atomic E-state index is 13.0. The van der Waals surface area contributed by atoms with E-state index in [9.17, 15) is 18.8 Å². The minimum Gasteiger partial charge on any atom is -0.271 e. The molecule has 0 aromatic carbocycles. The molecule has 17 heavy (non-hydrogen) atoms. The number of pyridine rings is 1. The predicted molar refractivity (Wildman–Crippen MR) is 55.2 cm³/mol. The maximum atomic E-state index is 13.0. The number of aromatic amines is 1. The molecule has 0 aliphatic heterocycles. The Morgan fingerprint density at radius 2 is 2.12 bits per heavy atom. The molecule has 6 nitrogen and oxygen atoms in total. The zero-order valence-corrected chi connectivity index (χ0v) is 8.38. The van der Waals surface area contributed by atoms with Gasteiger partial charge in [0, 0.05) is 6.20 Å². The molecule has 2 aromatic heterocycles. The topological polar surface area (TPSA) is 84.8 Å². The Labute approximate surface area is 93.4 Å². The molecule has 0 spiro atoms. The zero-order valence-electron chi connectivity index (χ0n) is 8.38. The number of aromatic nitrogens is 3. The summed E-state index contributed by atoms with van der Waals surface area (Å²) in [6.07, 6.45) is 1.90. The lowest BCUT2D eigenvalue weighted by Crippen LogP contribution is -2.35. The Hall–Kier alpha value is -2.57. The van der Waals surface area contributed by atoms with Crippen LogP contribution in [0.15, 0.2) is 40.2 Å². The van der Waals surface area contributed by atoms with Crippen LogP contribution in [-0.2, 0) is 0 Å². The van der Waals surface area contributed by atoms with Gasteiger partial charge in [0.05, 0.1) is 6.20 Å². The van der Waals surface area contributed by atoms with Crippen LogP contribution in [0.2, 0.25) is 0 Å². The van der Waals surface area contributed by atoms with Crippen molar-refractivity contribution in [1.82, 2.24) is 14.5 Å². The van der Waals surface area contributed by atoms with Gasteiger partial charge in [0.15, 0.2) is 0 Å². The van der Waals surface area contributed by atoms with Gasteiger partial charge in [-0.2, -0.15) is 4.39 Å². The van der Waals surface area contributed by atoms with Crippen molar-refractivity contribution < 1.29 is 9.18 Å². The van der Waals surface area contributed by atoms with Gasteiger partial charge in [-0.15, -0.1) is 0 Å². The van der Waals surface area contributed by atoms with E-state index >= 15 is 0 Å². The number of halogens is 1. The van der Waals surface area contributed by atoms with Crippen LogP contribution in [0, 0.1) is 5.82 Å². The molecule has 2 aromatic rings. The molecule has 0 atom stereocenters. The highest BCUT2D eigenvalue weighted by atomic mass is 19.1. The third kappa shape index (κ3) is 2.03. The molecule has 0 unspecified atom stereocenters. The van der Waals surface area contributed by atoms with Crippen LogP contribution >= 0.6 is 0 Å². The van der Waals surface area contributed by atoms with E-state index in [2.05, 4.69) is 4.98 Å². The van der Waals surface area contributed by atoms with Crippen LogP contribution in [0.4, 0.5) is 4.39 Å². The van der Waals surface area contributed by atoms with Crippen molar-refractivity contribution in [3.05, 3.63) is 62.9 Å². The van der Waals surface area contributed by atoms with Crippen molar-refractivity contribution in [3.63, 3.8) is 0 Å². The predicted octanol–water partition coefficient (Wildman–Crippen LogP) is -0.241. The molecule has 0 fully saturated rings. The van der Waals surface area contributed by atoms with E-state index in [1.165, 1.54) is 12.3 Å². The van der Waals surface area contributed by atoms with Crippen molar-refractivity contribution in [2.45, 2.75) is 0 Å². The Bertz CT molecular complexity index is 675. The average Bonchev–Trinajstić information content (AvgIpc) is 2.34. The van der Waals surface area contributed by atoms with Crippen molar-refractivity contribution in [2.75, 3.05) is 0 Å². The second kappa shape index (κ2) is 4.12. The zero-order chi connectivity index (χ0) is 12.4. The Balaban J connectivity index is 2.56. The van der Waals surface area contributed by atoms with E-state index in [0.29, 0.717) is 10.8 Å². The first-order valence-corrected chi connectivity index (χ1v) is 4.57. The van der Waals surface area contributed by atoms with E-state index in [1.54, 1.807) is 17.1 Å². The minimum atomic E-state index is -1.21. The Kier molecular flexibility index (Phi) is 2.65. The highest BCUT2D eigenvalue weighted by Crippen LogP contribution is 1.96. The molecule has 0 saturated heterocycles. The number of nitrogens with one attached hydrogen (secondary N) is 1. The van der Waals surface area contributed by atoms with Crippen LogP contribution in [0.3, 0.4) is 0 Å². The molecule has 2 heterocycles. The fourth-order valence-corrected chi connectivity index (χ4v) is 1.21. The van der Waals surface area contributed by atoms with Gasteiger partial charge in [-0.3, -0.25) is 19.6 Å². The summed E-state index contributed by atoms with van der Waals surface area (Å²) in [4.78, 5) is 39.2. The molecule has 0 bridgehead atoms. The van der Waals surface area contributed by atoms with Crippen LogP contribution in [0.5, 0.6) is 0 Å². The maximum Gasteiger partial charge on any atom is 0.335 e. The summed E-state index contributed by atoms with van der Waals surface area (Å²) in [6.45, 7) is 0. The number of hydrogen-bond acceptors (Lipinski definition) is 4. The van der Waals surface area contributed by atoms with Gasteiger partial charge in [0.25, 0.3) is 11.5 Å². The van der Waals surface area contributed by atoms with Crippen molar-refractivity contribution in [2.24, 2.45) is 0 Å². The number of carbonyl (C=O) groups is 1. The smallest absolute Gasteiger partial charge is 0.271 e. The van der Waals surface area contributed by atoms with Crippen molar-refractivity contribution in [3.8, 4) is 0 Å². The number of rotatable bonds is 1. The number of H-pyrrole nitrogens is 1. The highest BCUT2D eigenvalue weighted by molar-refractivity contribution is 5.93. The van der Waals surface area contributed by atoms with Gasteiger partial charge in [-0.25, -0.2) is 9.36 Å². The average molecular weight is 235 g/mol. The number of carbonyl (C=O) groups excluding carboxylic acids is 1. The van der Waals surface area contributed by atoms with E-state index < -0.39 is 23.0 Å². The third-order valence-corrected chi connectivity index (χ3v) is 2.00. The third-order valence-electron chi connectivity index (χ3n) is 2.00. The Morgan fingerprint density at radius 3 is 2.76 bits per heavy atom. The second-order valence-corrected chi connectivity index (χ2v) is 3.13. The monoisotopic (exact) mass is 235 g/mol.